The van der Waals surface area contributed by atoms with E-state index in [1.165, 1.54) is 0 Å². The first-order valence-corrected chi connectivity index (χ1v) is 16.2. The molecule has 1 unspecified atom stereocenters. The van der Waals surface area contributed by atoms with Gasteiger partial charge in [-0.1, -0.05) is 31.8 Å². The van der Waals surface area contributed by atoms with E-state index >= 15 is 0 Å². The second-order valence-corrected chi connectivity index (χ2v) is 16.6. The number of aryl methyl sites for hydroxylation is 1. The molecule has 2 N–H and O–H groups in total. The van der Waals surface area contributed by atoms with E-state index in [0.717, 1.165) is 57.5 Å². The van der Waals surface area contributed by atoms with Crippen LogP contribution in [0.2, 0.25) is 25.7 Å². The van der Waals surface area contributed by atoms with Crippen LogP contribution in [-0.2, 0) is 24.3 Å². The maximum Gasteiger partial charge on any atom is 0.416 e. The summed E-state index contributed by atoms with van der Waals surface area (Å²) >= 11 is 3.70. The fourth-order valence-electron chi connectivity index (χ4n) is 4.26. The van der Waals surface area contributed by atoms with Crippen LogP contribution < -0.4 is 5.32 Å². The van der Waals surface area contributed by atoms with Crippen molar-refractivity contribution in [1.82, 2.24) is 14.5 Å². The van der Waals surface area contributed by atoms with Gasteiger partial charge in [-0.25, -0.2) is 9.97 Å². The van der Waals surface area contributed by atoms with Crippen molar-refractivity contribution in [2.45, 2.75) is 64.0 Å². The Balaban J connectivity index is 1.72. The fraction of sp³-hybridized carbons (Fsp3) is 0.500. The van der Waals surface area contributed by atoms with E-state index in [0.29, 0.717) is 19.0 Å². The Hall–Kier alpha value is -1.95. The molecule has 0 spiro atoms. The number of anilines is 1. The predicted molar refractivity (Wildman–Crippen MR) is 137 cm³/mol. The molecular formula is C24H30BrF3N4O2Si. The van der Waals surface area contributed by atoms with Crippen LogP contribution in [0.5, 0.6) is 0 Å². The number of para-hydroxylation sites is 1. The maximum absolute atomic E-state index is 12.7. The van der Waals surface area contributed by atoms with E-state index in [1.54, 1.807) is 6.20 Å². The van der Waals surface area contributed by atoms with E-state index in [4.69, 9.17) is 4.74 Å². The van der Waals surface area contributed by atoms with Crippen LogP contribution in [0.3, 0.4) is 0 Å². The molecule has 35 heavy (non-hydrogen) atoms. The molecule has 2 heterocycles. The van der Waals surface area contributed by atoms with Gasteiger partial charge in [-0.15, -0.1) is 0 Å². The predicted octanol–water partition coefficient (Wildman–Crippen LogP) is 6.00. The Bertz CT molecular complexity index is 1210. The molecule has 0 saturated heterocycles. The highest BCUT2D eigenvalue weighted by molar-refractivity contribution is 9.10. The first-order valence-electron chi connectivity index (χ1n) is 11.7. The monoisotopic (exact) mass is 570 g/mol. The minimum Gasteiger partial charge on any atom is -0.382 e. The Morgan fingerprint density at radius 1 is 1.26 bits per heavy atom. The highest BCUT2D eigenvalue weighted by Crippen LogP contribution is 2.41. The van der Waals surface area contributed by atoms with Crippen LogP contribution >= 0.6 is 15.9 Å². The zero-order valence-corrected chi connectivity index (χ0v) is 22.6. The lowest BCUT2D eigenvalue weighted by Crippen LogP contribution is -2.35. The lowest BCUT2D eigenvalue weighted by Gasteiger charge is -2.17. The van der Waals surface area contributed by atoms with Crippen LogP contribution in [0, 0.1) is 0 Å². The third-order valence-corrected chi connectivity index (χ3v) is 8.49. The number of halogens is 4. The fourth-order valence-corrected chi connectivity index (χ4v) is 5.60. The van der Waals surface area contributed by atoms with Crippen molar-refractivity contribution in [3.8, 4) is 11.3 Å². The number of rotatable bonds is 8. The van der Waals surface area contributed by atoms with Crippen molar-refractivity contribution in [2.24, 2.45) is 0 Å². The number of nitrogens with one attached hydrogen (secondary N) is 1. The second-order valence-electron chi connectivity index (χ2n) is 10.1. The Morgan fingerprint density at radius 3 is 2.74 bits per heavy atom. The van der Waals surface area contributed by atoms with Gasteiger partial charge in [-0.05, 0) is 52.9 Å². The van der Waals surface area contributed by atoms with Crippen LogP contribution in [-0.4, -0.2) is 53.1 Å². The van der Waals surface area contributed by atoms with Gasteiger partial charge in [0.1, 0.15) is 6.73 Å². The summed E-state index contributed by atoms with van der Waals surface area (Å²) in [6.07, 6.45) is -3.05. The highest BCUT2D eigenvalue weighted by Gasteiger charge is 2.38. The van der Waals surface area contributed by atoms with E-state index in [1.807, 2.05) is 18.2 Å². The summed E-state index contributed by atoms with van der Waals surface area (Å²) in [5.41, 5.74) is 4.73. The standard InChI is InChI=1S/C24H30BrF3N4O2Si/c1-35(2,3)11-10-34-14-32-18-9-4-6-15-12-29-23(30-13-19(33)24(26,27)28)31-21(15)20(18)16-7-5-8-17(25)22(16)32/h5,7-8,12,19,33H,4,6,9-11,13-14H2,1-3H3,(H,29,30,31). The van der Waals surface area contributed by atoms with Gasteiger partial charge < -0.3 is 19.7 Å². The van der Waals surface area contributed by atoms with Gasteiger partial charge in [0.25, 0.3) is 0 Å². The molecule has 0 amide bonds. The van der Waals surface area contributed by atoms with E-state index in [-0.39, 0.29) is 5.95 Å². The third kappa shape index (κ3) is 5.90. The van der Waals surface area contributed by atoms with Crippen LogP contribution in [0.4, 0.5) is 19.1 Å². The number of aromatic nitrogens is 3. The minimum atomic E-state index is -4.71. The summed E-state index contributed by atoms with van der Waals surface area (Å²) in [6, 6.07) is 7.07. The summed E-state index contributed by atoms with van der Waals surface area (Å²) in [5.74, 6) is 0.0576. The molecule has 4 rings (SSSR count). The van der Waals surface area contributed by atoms with Crippen molar-refractivity contribution < 1.29 is 23.0 Å². The van der Waals surface area contributed by atoms with Crippen molar-refractivity contribution >= 4 is 40.9 Å². The summed E-state index contributed by atoms with van der Waals surface area (Å²) in [5, 5.41) is 12.9. The van der Waals surface area contributed by atoms with Crippen LogP contribution in [0.1, 0.15) is 17.7 Å². The van der Waals surface area contributed by atoms with Crippen molar-refractivity contribution in [3.63, 3.8) is 0 Å². The van der Waals surface area contributed by atoms with E-state index in [2.05, 4.69) is 55.4 Å². The summed E-state index contributed by atoms with van der Waals surface area (Å²) in [4.78, 5) is 8.84. The molecule has 2 aromatic heterocycles. The summed E-state index contributed by atoms with van der Waals surface area (Å²) in [7, 11) is -1.22. The second kappa shape index (κ2) is 10.2. The third-order valence-electron chi connectivity index (χ3n) is 6.15. The number of alkyl halides is 3. The average Bonchev–Trinajstić information content (AvgIpc) is 2.96. The number of benzene rings is 1. The number of hydrogen-bond acceptors (Lipinski definition) is 5. The molecule has 3 aromatic rings. The Labute approximate surface area is 212 Å². The maximum atomic E-state index is 12.7. The molecule has 1 aromatic carbocycles. The zero-order valence-electron chi connectivity index (χ0n) is 20.0. The molecule has 1 aliphatic rings. The largest absolute Gasteiger partial charge is 0.416 e. The number of aliphatic hydroxyl groups excluding tert-OH is 1. The molecule has 1 atom stereocenters. The molecule has 190 valence electrons. The topological polar surface area (TPSA) is 72.2 Å². The minimum absolute atomic E-state index is 0.0576. The van der Waals surface area contributed by atoms with Gasteiger partial charge in [0.05, 0.1) is 17.8 Å². The molecule has 0 fully saturated rings. The van der Waals surface area contributed by atoms with Crippen LogP contribution in [0.25, 0.3) is 22.2 Å². The molecule has 0 radical (unpaired) electrons. The molecular weight excluding hydrogens is 541 g/mol. The SMILES string of the molecule is C[Si](C)(C)CCOCn1c2c(c3cccc(Br)c31)-c1nc(NCC(O)C(F)(F)F)ncc1CCC2. The first kappa shape index (κ1) is 26.1. The van der Waals surface area contributed by atoms with Gasteiger partial charge in [0, 0.05) is 42.0 Å². The molecule has 0 bridgehead atoms. The molecule has 6 nitrogen and oxygen atoms in total. The quantitative estimate of drug-likeness (QED) is 0.257. The van der Waals surface area contributed by atoms with Crippen molar-refractivity contribution in [2.75, 3.05) is 18.5 Å². The number of nitrogens with zero attached hydrogens (tertiary/aromatic N) is 3. The van der Waals surface area contributed by atoms with Crippen molar-refractivity contribution in [3.05, 3.63) is 40.1 Å². The summed E-state index contributed by atoms with van der Waals surface area (Å²) < 4.78 is 47.5. The number of hydrogen-bond donors (Lipinski definition) is 2. The van der Waals surface area contributed by atoms with Gasteiger partial charge in [-0.3, -0.25) is 0 Å². The smallest absolute Gasteiger partial charge is 0.382 e. The number of ether oxygens (including phenoxy) is 1. The van der Waals surface area contributed by atoms with Crippen LogP contribution in [0.15, 0.2) is 28.9 Å². The average molecular weight is 572 g/mol. The number of aliphatic hydroxyl groups is 1. The summed E-state index contributed by atoms with van der Waals surface area (Å²) in [6.45, 7) is 7.36. The van der Waals surface area contributed by atoms with Crippen molar-refractivity contribution in [1.29, 1.82) is 0 Å². The normalized spacial score (nSPS) is 15.0. The lowest BCUT2D eigenvalue weighted by atomic mass is 10.0. The van der Waals surface area contributed by atoms with Gasteiger partial charge in [0.2, 0.25) is 5.95 Å². The first-order chi connectivity index (χ1) is 16.5. The molecule has 0 aliphatic heterocycles. The Morgan fingerprint density at radius 2 is 2.03 bits per heavy atom. The van der Waals surface area contributed by atoms with Gasteiger partial charge >= 0.3 is 6.18 Å². The number of fused-ring (bicyclic) bond motifs is 5. The van der Waals surface area contributed by atoms with Gasteiger partial charge in [-0.2, -0.15) is 13.2 Å². The lowest BCUT2D eigenvalue weighted by molar-refractivity contribution is -0.198. The molecule has 1 aliphatic carbocycles. The van der Waals surface area contributed by atoms with Gasteiger partial charge in [0.15, 0.2) is 6.10 Å². The zero-order chi connectivity index (χ0) is 25.4. The van der Waals surface area contributed by atoms with E-state index in [9.17, 15) is 18.3 Å². The van der Waals surface area contributed by atoms with E-state index < -0.39 is 26.9 Å². The highest BCUT2D eigenvalue weighted by atomic mass is 79.9. The molecule has 0 saturated carbocycles. The molecule has 11 heteroatoms. The Kier molecular flexibility index (Phi) is 7.61.